The third-order valence-corrected chi connectivity index (χ3v) is 6.19. The van der Waals surface area contributed by atoms with E-state index in [0.29, 0.717) is 34.8 Å². The normalized spacial score (nSPS) is 20.3. The average molecular weight is 520 g/mol. The summed E-state index contributed by atoms with van der Waals surface area (Å²) in [5, 5.41) is 19.9. The Kier molecular flexibility index (Phi) is 8.39. The Morgan fingerprint density at radius 2 is 1.74 bits per heavy atom. The Balaban J connectivity index is 0.00000171. The number of oxime groups is 1. The van der Waals surface area contributed by atoms with Gasteiger partial charge in [0.1, 0.15) is 12.3 Å². The number of hydrogen-bond acceptors (Lipinski definition) is 7. The van der Waals surface area contributed by atoms with Crippen LogP contribution in [0.3, 0.4) is 0 Å². The molecule has 0 saturated carbocycles. The van der Waals surface area contributed by atoms with Crippen molar-refractivity contribution in [3.8, 4) is 0 Å². The van der Waals surface area contributed by atoms with Gasteiger partial charge in [0, 0.05) is 55.2 Å². The summed E-state index contributed by atoms with van der Waals surface area (Å²) in [7, 11) is 2.12. The number of nitrogens with zero attached hydrogens (tertiary/aromatic N) is 3. The standard InChI is InChI=1S/C24H25N5O4.2ClH/c1-28-8-10-29(11-9-28)12-13-33-27-21-16-4-2-3-5-18(16)25-22(21)20-17-14-15(24(31)32)6-7-19(17)26-23(20)30;;/h2-7,14,25H,8-13H2,1H3,(H,26,30)(H,31,32);2*1H/b22-20-,27-21+;;. The molecule has 0 radical (unpaired) electrons. The van der Waals surface area contributed by atoms with Gasteiger partial charge in [-0.05, 0) is 31.3 Å². The third-order valence-electron chi connectivity index (χ3n) is 6.19. The summed E-state index contributed by atoms with van der Waals surface area (Å²) in [6.45, 7) is 5.28. The van der Waals surface area contributed by atoms with Crippen LogP contribution in [0.1, 0.15) is 21.5 Å². The minimum atomic E-state index is -1.05. The first-order chi connectivity index (χ1) is 16.0. The molecule has 5 rings (SSSR count). The number of para-hydroxylation sites is 1. The zero-order valence-corrected chi connectivity index (χ0v) is 20.7. The highest BCUT2D eigenvalue weighted by molar-refractivity contribution is 6.39. The molecule has 0 atom stereocenters. The van der Waals surface area contributed by atoms with E-state index >= 15 is 0 Å². The first kappa shape index (κ1) is 26.5. The smallest absolute Gasteiger partial charge is 0.335 e. The summed E-state index contributed by atoms with van der Waals surface area (Å²) in [5.74, 6) is -1.36. The summed E-state index contributed by atoms with van der Waals surface area (Å²) in [6.07, 6.45) is 0. The Labute approximate surface area is 215 Å². The number of amides is 1. The van der Waals surface area contributed by atoms with Gasteiger partial charge in [-0.3, -0.25) is 9.69 Å². The van der Waals surface area contributed by atoms with Crippen LogP contribution in [0.4, 0.5) is 11.4 Å². The van der Waals surface area contributed by atoms with E-state index < -0.39 is 5.97 Å². The van der Waals surface area contributed by atoms with Gasteiger partial charge in [-0.1, -0.05) is 23.4 Å². The van der Waals surface area contributed by atoms with Gasteiger partial charge in [-0.15, -0.1) is 24.8 Å². The maximum Gasteiger partial charge on any atom is 0.335 e. The molecule has 1 amide bonds. The van der Waals surface area contributed by atoms with Gasteiger partial charge in [0.15, 0.2) is 0 Å². The molecule has 35 heavy (non-hydrogen) atoms. The molecule has 186 valence electrons. The van der Waals surface area contributed by atoms with Crippen molar-refractivity contribution in [2.24, 2.45) is 5.16 Å². The van der Waals surface area contributed by atoms with E-state index in [2.05, 4.69) is 32.6 Å². The van der Waals surface area contributed by atoms with E-state index in [4.69, 9.17) is 4.84 Å². The molecule has 2 aromatic rings. The molecule has 0 bridgehead atoms. The number of nitrogens with one attached hydrogen (secondary N) is 2. The lowest BCUT2D eigenvalue weighted by atomic mass is 9.99. The first-order valence-electron chi connectivity index (χ1n) is 10.9. The zero-order chi connectivity index (χ0) is 22.9. The molecule has 0 spiro atoms. The van der Waals surface area contributed by atoms with Gasteiger partial charge in [0.2, 0.25) is 0 Å². The van der Waals surface area contributed by atoms with Gasteiger partial charge in [-0.2, -0.15) is 0 Å². The maximum absolute atomic E-state index is 12.9. The number of aromatic carboxylic acids is 1. The topological polar surface area (TPSA) is 107 Å². The number of halogens is 2. The lowest BCUT2D eigenvalue weighted by Crippen LogP contribution is -2.45. The van der Waals surface area contributed by atoms with Gasteiger partial charge in [0.05, 0.1) is 16.8 Å². The van der Waals surface area contributed by atoms with Crippen molar-refractivity contribution >= 4 is 59.4 Å². The number of anilines is 2. The average Bonchev–Trinajstić information content (AvgIpc) is 3.33. The quantitative estimate of drug-likeness (QED) is 0.316. The Hall–Kier alpha value is -3.11. The van der Waals surface area contributed by atoms with Crippen LogP contribution in [0, 0.1) is 0 Å². The molecule has 1 fully saturated rings. The number of benzene rings is 2. The molecule has 1 saturated heterocycles. The van der Waals surface area contributed by atoms with Crippen molar-refractivity contribution in [3.05, 3.63) is 64.9 Å². The van der Waals surface area contributed by atoms with Gasteiger partial charge < -0.3 is 25.5 Å². The molecule has 3 aliphatic heterocycles. The predicted octanol–water partition coefficient (Wildman–Crippen LogP) is 2.99. The molecule has 3 N–H and O–H groups in total. The molecule has 0 aromatic heterocycles. The van der Waals surface area contributed by atoms with Crippen LogP contribution in [0.2, 0.25) is 0 Å². The Bertz CT molecular complexity index is 1190. The van der Waals surface area contributed by atoms with E-state index in [0.717, 1.165) is 44.0 Å². The van der Waals surface area contributed by atoms with Crippen LogP contribution >= 0.6 is 24.8 Å². The van der Waals surface area contributed by atoms with Crippen molar-refractivity contribution in [3.63, 3.8) is 0 Å². The van der Waals surface area contributed by atoms with Crippen molar-refractivity contribution in [1.29, 1.82) is 0 Å². The van der Waals surface area contributed by atoms with Gasteiger partial charge in [0.25, 0.3) is 5.91 Å². The number of hydrogen-bond donors (Lipinski definition) is 3. The summed E-state index contributed by atoms with van der Waals surface area (Å²) < 4.78 is 0. The number of fused-ring (bicyclic) bond motifs is 2. The number of allylic oxidation sites excluding steroid dienone is 1. The van der Waals surface area contributed by atoms with Crippen LogP contribution in [0.25, 0.3) is 5.57 Å². The molecule has 11 heteroatoms. The molecular weight excluding hydrogens is 493 g/mol. The summed E-state index contributed by atoms with van der Waals surface area (Å²) in [4.78, 5) is 34.7. The highest BCUT2D eigenvalue weighted by Crippen LogP contribution is 2.39. The first-order valence-corrected chi connectivity index (χ1v) is 10.9. The molecule has 3 aliphatic rings. The minimum Gasteiger partial charge on any atom is -0.478 e. The second-order valence-corrected chi connectivity index (χ2v) is 8.36. The number of piperazine rings is 1. The molecule has 2 aromatic carbocycles. The van der Waals surface area contributed by atoms with Gasteiger partial charge >= 0.3 is 5.97 Å². The van der Waals surface area contributed by atoms with Crippen LogP contribution in [-0.2, 0) is 9.63 Å². The fourth-order valence-electron chi connectivity index (χ4n) is 4.30. The predicted molar refractivity (Wildman–Crippen MR) is 140 cm³/mol. The summed E-state index contributed by atoms with van der Waals surface area (Å²) >= 11 is 0. The van der Waals surface area contributed by atoms with Crippen molar-refractivity contribution in [2.75, 3.05) is 57.0 Å². The van der Waals surface area contributed by atoms with E-state index in [1.54, 1.807) is 6.07 Å². The summed E-state index contributed by atoms with van der Waals surface area (Å²) in [5.41, 5.74) is 4.25. The second kappa shape index (κ2) is 11.1. The number of carboxylic acids is 1. The minimum absolute atomic E-state index is 0. The van der Waals surface area contributed by atoms with Crippen molar-refractivity contribution < 1.29 is 19.5 Å². The van der Waals surface area contributed by atoms with E-state index in [1.165, 1.54) is 12.1 Å². The maximum atomic E-state index is 12.9. The zero-order valence-electron chi connectivity index (χ0n) is 19.1. The van der Waals surface area contributed by atoms with Gasteiger partial charge in [-0.25, -0.2) is 4.79 Å². The second-order valence-electron chi connectivity index (χ2n) is 8.36. The largest absolute Gasteiger partial charge is 0.478 e. The highest BCUT2D eigenvalue weighted by atomic mass is 35.5. The number of carbonyl (C=O) groups is 2. The molecule has 3 heterocycles. The lowest BCUT2D eigenvalue weighted by Gasteiger charge is -2.31. The Morgan fingerprint density at radius 1 is 1.03 bits per heavy atom. The third kappa shape index (κ3) is 5.28. The number of rotatable bonds is 5. The fourth-order valence-corrected chi connectivity index (χ4v) is 4.30. The molecule has 0 unspecified atom stereocenters. The number of likely N-dealkylation sites (N-methyl/N-ethyl adjacent to an activating group) is 1. The Morgan fingerprint density at radius 3 is 2.49 bits per heavy atom. The van der Waals surface area contributed by atoms with Crippen molar-refractivity contribution in [1.82, 2.24) is 9.80 Å². The summed E-state index contributed by atoms with van der Waals surface area (Å²) in [6, 6.07) is 12.2. The number of carboxylic acid groups (broad SMARTS) is 1. The number of carbonyl (C=O) groups excluding carboxylic acids is 1. The fraction of sp³-hybridized carbons (Fsp3) is 0.292. The lowest BCUT2D eigenvalue weighted by molar-refractivity contribution is -0.110. The van der Waals surface area contributed by atoms with Crippen LogP contribution < -0.4 is 10.6 Å². The van der Waals surface area contributed by atoms with E-state index in [1.807, 2.05) is 24.3 Å². The van der Waals surface area contributed by atoms with E-state index in [-0.39, 0.29) is 36.3 Å². The van der Waals surface area contributed by atoms with Crippen LogP contribution in [0.5, 0.6) is 0 Å². The van der Waals surface area contributed by atoms with Crippen LogP contribution in [-0.4, -0.2) is 78.9 Å². The molecule has 0 aliphatic carbocycles. The molecule has 9 nitrogen and oxygen atoms in total. The molecular formula is C24H27Cl2N5O4. The van der Waals surface area contributed by atoms with Crippen LogP contribution in [0.15, 0.2) is 53.3 Å². The monoisotopic (exact) mass is 519 g/mol. The highest BCUT2D eigenvalue weighted by Gasteiger charge is 2.34. The van der Waals surface area contributed by atoms with E-state index in [9.17, 15) is 14.7 Å². The SMILES string of the molecule is CN1CCN(CCO/N=C2/C(=C3/C(=O)Nc4ccc(C(=O)O)cc43)Nc3ccccc32)CC1.Cl.Cl. The van der Waals surface area contributed by atoms with Crippen molar-refractivity contribution in [2.45, 2.75) is 0 Å².